The molecule has 1 fully saturated rings. The van der Waals surface area contributed by atoms with Crippen LogP contribution in [0.5, 0.6) is 11.5 Å². The molecule has 0 aliphatic carbocycles. The Bertz CT molecular complexity index is 765. The van der Waals surface area contributed by atoms with Crippen molar-refractivity contribution in [2.45, 2.75) is 31.5 Å². The van der Waals surface area contributed by atoms with E-state index >= 15 is 0 Å². The van der Waals surface area contributed by atoms with E-state index in [1.54, 1.807) is 0 Å². The minimum Gasteiger partial charge on any atom is -0.491 e. The summed E-state index contributed by atoms with van der Waals surface area (Å²) < 4.78 is 17.6. The number of nitrogens with one attached hydrogen (secondary N) is 1. The predicted molar refractivity (Wildman–Crippen MR) is 103 cm³/mol. The lowest BCUT2D eigenvalue weighted by Gasteiger charge is -2.40. The fourth-order valence-corrected chi connectivity index (χ4v) is 4.00. The van der Waals surface area contributed by atoms with Gasteiger partial charge >= 0.3 is 0 Å². The van der Waals surface area contributed by atoms with E-state index in [0.717, 1.165) is 22.6 Å². The molecule has 2 aromatic carbocycles. The van der Waals surface area contributed by atoms with Crippen molar-refractivity contribution in [1.82, 2.24) is 5.32 Å². The molecule has 1 saturated heterocycles. The highest BCUT2D eigenvalue weighted by Gasteiger charge is 2.37. The minimum absolute atomic E-state index is 0.00753. The topological polar surface area (TPSA) is 60.0 Å². The summed E-state index contributed by atoms with van der Waals surface area (Å²) in [4.78, 5) is 0. The van der Waals surface area contributed by atoms with E-state index in [4.69, 9.17) is 14.2 Å². The van der Waals surface area contributed by atoms with Crippen LogP contribution in [0.4, 0.5) is 0 Å². The number of benzene rings is 2. The van der Waals surface area contributed by atoms with Crippen molar-refractivity contribution in [3.8, 4) is 11.5 Å². The average molecular weight is 369 g/mol. The summed E-state index contributed by atoms with van der Waals surface area (Å²) in [7, 11) is 0. The third kappa shape index (κ3) is 3.95. The normalized spacial score (nSPS) is 28.7. The highest BCUT2D eigenvalue weighted by Crippen LogP contribution is 2.41. The van der Waals surface area contributed by atoms with Crippen LogP contribution in [0.3, 0.4) is 0 Å². The van der Waals surface area contributed by atoms with Gasteiger partial charge < -0.3 is 24.6 Å². The number of aliphatic hydroxyl groups excluding tert-OH is 1. The molecule has 144 valence electrons. The van der Waals surface area contributed by atoms with Crippen LogP contribution in [-0.4, -0.2) is 37.6 Å². The average Bonchev–Trinajstić information content (AvgIpc) is 2.69. The SMILES string of the molecule is C[C@@H]1[C@H](O)C[C@H]2N[C@H]1c1ccccc1OCCOCCOc1ccccc12. The second-order valence-electron chi connectivity index (χ2n) is 7.24. The number of fused-ring (bicyclic) bond motifs is 6. The van der Waals surface area contributed by atoms with Crippen LogP contribution in [0.25, 0.3) is 0 Å². The smallest absolute Gasteiger partial charge is 0.124 e. The maximum atomic E-state index is 10.8. The van der Waals surface area contributed by atoms with Gasteiger partial charge in [0.05, 0.1) is 19.3 Å². The maximum absolute atomic E-state index is 10.8. The molecule has 4 rings (SSSR count). The van der Waals surface area contributed by atoms with Gasteiger partial charge in [0.1, 0.15) is 24.7 Å². The molecule has 5 nitrogen and oxygen atoms in total. The van der Waals surface area contributed by atoms with Gasteiger partial charge in [-0.1, -0.05) is 43.3 Å². The van der Waals surface area contributed by atoms with Crippen molar-refractivity contribution in [2.24, 2.45) is 5.92 Å². The Hall–Kier alpha value is -2.08. The number of aliphatic hydroxyl groups is 1. The van der Waals surface area contributed by atoms with E-state index < -0.39 is 6.10 Å². The summed E-state index contributed by atoms with van der Waals surface area (Å²) in [6, 6.07) is 16.1. The molecular weight excluding hydrogens is 342 g/mol. The number of hydrogen-bond acceptors (Lipinski definition) is 5. The lowest BCUT2D eigenvalue weighted by atomic mass is 9.80. The molecule has 2 heterocycles. The summed E-state index contributed by atoms with van der Waals surface area (Å²) in [5, 5.41) is 14.5. The predicted octanol–water partition coefficient (Wildman–Crippen LogP) is 3.25. The van der Waals surface area contributed by atoms with E-state index in [1.807, 2.05) is 36.4 Å². The van der Waals surface area contributed by atoms with E-state index in [-0.39, 0.29) is 18.0 Å². The molecule has 4 atom stereocenters. The molecule has 0 saturated carbocycles. The van der Waals surface area contributed by atoms with Crippen LogP contribution in [-0.2, 0) is 4.74 Å². The van der Waals surface area contributed by atoms with Crippen LogP contribution in [0.15, 0.2) is 48.5 Å². The molecule has 0 radical (unpaired) electrons. The molecule has 2 bridgehead atoms. The Morgan fingerprint density at radius 1 is 0.852 bits per heavy atom. The number of ether oxygens (including phenoxy) is 3. The van der Waals surface area contributed by atoms with Gasteiger partial charge in [-0.25, -0.2) is 0 Å². The van der Waals surface area contributed by atoms with Gasteiger partial charge in [0, 0.05) is 29.1 Å². The van der Waals surface area contributed by atoms with Gasteiger partial charge in [-0.05, 0) is 18.6 Å². The lowest BCUT2D eigenvalue weighted by molar-refractivity contribution is 0.0365. The molecule has 0 unspecified atom stereocenters. The van der Waals surface area contributed by atoms with Crippen molar-refractivity contribution in [3.63, 3.8) is 0 Å². The third-order valence-corrected chi connectivity index (χ3v) is 5.51. The zero-order valence-electron chi connectivity index (χ0n) is 15.6. The third-order valence-electron chi connectivity index (χ3n) is 5.51. The highest BCUT2D eigenvalue weighted by atomic mass is 16.5. The highest BCUT2D eigenvalue weighted by molar-refractivity contribution is 5.40. The fraction of sp³-hybridized carbons (Fsp3) is 0.455. The van der Waals surface area contributed by atoms with Crippen LogP contribution in [0.1, 0.15) is 36.6 Å². The lowest BCUT2D eigenvalue weighted by Crippen LogP contribution is -2.43. The molecule has 2 aliphatic rings. The fourth-order valence-electron chi connectivity index (χ4n) is 4.00. The molecule has 0 aromatic heterocycles. The van der Waals surface area contributed by atoms with Crippen molar-refractivity contribution < 1.29 is 19.3 Å². The summed E-state index contributed by atoms with van der Waals surface area (Å²) in [6.45, 7) is 4.09. The van der Waals surface area contributed by atoms with Gasteiger partial charge in [0.25, 0.3) is 0 Å². The molecule has 0 spiro atoms. The Morgan fingerprint density at radius 3 is 2.15 bits per heavy atom. The Kier molecular flexibility index (Phi) is 5.62. The van der Waals surface area contributed by atoms with Crippen molar-refractivity contribution in [2.75, 3.05) is 26.4 Å². The molecule has 0 amide bonds. The van der Waals surface area contributed by atoms with Crippen LogP contribution < -0.4 is 14.8 Å². The first-order valence-corrected chi connectivity index (χ1v) is 9.69. The number of hydrogen-bond donors (Lipinski definition) is 2. The van der Waals surface area contributed by atoms with Crippen LogP contribution in [0, 0.1) is 5.92 Å². The quantitative estimate of drug-likeness (QED) is 0.747. The van der Waals surface area contributed by atoms with Gasteiger partial charge in [0.2, 0.25) is 0 Å². The Morgan fingerprint density at radius 2 is 1.44 bits per heavy atom. The first-order chi connectivity index (χ1) is 13.2. The van der Waals surface area contributed by atoms with E-state index in [1.165, 1.54) is 0 Å². The first kappa shape index (κ1) is 18.3. The molecule has 2 aliphatic heterocycles. The van der Waals surface area contributed by atoms with Crippen molar-refractivity contribution >= 4 is 0 Å². The van der Waals surface area contributed by atoms with Crippen molar-refractivity contribution in [3.05, 3.63) is 59.7 Å². The van der Waals surface area contributed by atoms with E-state index in [2.05, 4.69) is 24.4 Å². The first-order valence-electron chi connectivity index (χ1n) is 9.69. The van der Waals surface area contributed by atoms with Crippen LogP contribution >= 0.6 is 0 Å². The molecule has 27 heavy (non-hydrogen) atoms. The maximum Gasteiger partial charge on any atom is 0.124 e. The molecule has 2 N–H and O–H groups in total. The van der Waals surface area contributed by atoms with Gasteiger partial charge in [-0.2, -0.15) is 0 Å². The van der Waals surface area contributed by atoms with Gasteiger partial charge in [-0.3, -0.25) is 0 Å². The minimum atomic E-state index is -0.404. The zero-order chi connectivity index (χ0) is 18.6. The number of rotatable bonds is 0. The summed E-state index contributed by atoms with van der Waals surface area (Å²) in [6.07, 6.45) is 0.246. The standard InChI is InChI=1S/C22H27NO4/c1-15-19(24)14-18-16-6-2-4-8-20(16)26-12-10-25-11-13-27-21-9-5-3-7-17(21)22(15)23-18/h2-9,15,18-19,22-24H,10-14H2,1H3/t15-,18-,19-,22-/m1/s1. The monoisotopic (exact) mass is 369 g/mol. The van der Waals surface area contributed by atoms with Gasteiger partial charge in [0.15, 0.2) is 0 Å². The number of piperidine rings is 1. The van der Waals surface area contributed by atoms with Crippen LogP contribution in [0.2, 0.25) is 0 Å². The summed E-state index contributed by atoms with van der Waals surface area (Å²) in [5.41, 5.74) is 2.15. The summed E-state index contributed by atoms with van der Waals surface area (Å²) >= 11 is 0. The Labute approximate surface area is 160 Å². The second kappa shape index (κ2) is 8.30. The second-order valence-corrected chi connectivity index (χ2v) is 7.24. The summed E-state index contributed by atoms with van der Waals surface area (Å²) in [5.74, 6) is 1.77. The molecule has 2 aromatic rings. The van der Waals surface area contributed by atoms with Gasteiger partial charge in [-0.15, -0.1) is 0 Å². The zero-order valence-corrected chi connectivity index (χ0v) is 15.6. The largest absolute Gasteiger partial charge is 0.491 e. The Balaban J connectivity index is 1.73. The van der Waals surface area contributed by atoms with E-state index in [9.17, 15) is 5.11 Å². The molecule has 5 heteroatoms. The van der Waals surface area contributed by atoms with Crippen molar-refractivity contribution in [1.29, 1.82) is 0 Å². The molecular formula is C22H27NO4. The van der Waals surface area contributed by atoms with E-state index in [0.29, 0.717) is 32.8 Å². The number of para-hydroxylation sites is 2.